The minimum atomic E-state index is 0.163. The first-order valence-corrected chi connectivity index (χ1v) is 12.0. The van der Waals surface area contributed by atoms with E-state index in [1.54, 1.807) is 18.1 Å². The van der Waals surface area contributed by atoms with Crippen LogP contribution in [0.15, 0.2) is 16.7 Å². The molecule has 0 bridgehead atoms. The largest absolute Gasteiger partial charge is 0.496 e. The van der Waals surface area contributed by atoms with E-state index in [0.717, 1.165) is 70.9 Å². The fourth-order valence-electron chi connectivity index (χ4n) is 4.68. The van der Waals surface area contributed by atoms with Gasteiger partial charge in [-0.25, -0.2) is 0 Å². The molecule has 0 aromatic carbocycles. The number of aryl methyl sites for hydroxylation is 1. The van der Waals surface area contributed by atoms with Gasteiger partial charge in [0, 0.05) is 41.7 Å². The van der Waals surface area contributed by atoms with E-state index in [2.05, 4.69) is 9.38 Å². The van der Waals surface area contributed by atoms with Crippen LogP contribution in [0.5, 0.6) is 5.75 Å². The van der Waals surface area contributed by atoms with Crippen LogP contribution in [-0.2, 0) is 23.5 Å². The zero-order chi connectivity index (χ0) is 23.1. The van der Waals surface area contributed by atoms with Gasteiger partial charge in [-0.3, -0.25) is 9.78 Å². The van der Waals surface area contributed by atoms with Crippen molar-refractivity contribution in [1.82, 2.24) is 24.9 Å². The number of hydrogen-bond acceptors (Lipinski definition) is 8. The average molecular weight is 466 g/mol. The Morgan fingerprint density at radius 3 is 2.79 bits per heavy atom. The molecule has 0 unspecified atom stereocenters. The third-order valence-electron chi connectivity index (χ3n) is 6.39. The molecule has 10 heteroatoms. The fourth-order valence-corrected chi connectivity index (χ4v) is 5.43. The quantitative estimate of drug-likeness (QED) is 0.576. The minimum Gasteiger partial charge on any atom is -0.496 e. The van der Waals surface area contributed by atoms with Crippen molar-refractivity contribution in [3.05, 3.63) is 45.9 Å². The molecule has 1 saturated heterocycles. The maximum absolute atomic E-state index is 12.9. The van der Waals surface area contributed by atoms with E-state index in [1.807, 2.05) is 24.8 Å². The van der Waals surface area contributed by atoms with E-state index >= 15 is 0 Å². The lowest BCUT2D eigenvalue weighted by Crippen LogP contribution is -2.29. The van der Waals surface area contributed by atoms with Gasteiger partial charge in [-0.15, -0.1) is 0 Å². The van der Waals surface area contributed by atoms with Crippen LogP contribution in [0, 0.1) is 13.8 Å². The maximum Gasteiger partial charge on any atom is 0.227 e. The smallest absolute Gasteiger partial charge is 0.227 e. The number of carbonyl (C=O) groups excluding carboxylic acids is 1. The lowest BCUT2D eigenvalue weighted by molar-refractivity contribution is -0.129. The molecule has 1 aromatic heterocycles. The number of likely N-dealkylation sites (tertiary alicyclic amines) is 1. The molecule has 0 spiro atoms. The zero-order valence-electron chi connectivity index (χ0n) is 19.1. The van der Waals surface area contributed by atoms with Crippen LogP contribution in [0.3, 0.4) is 0 Å². The second kappa shape index (κ2) is 8.66. The Hall–Kier alpha value is -3.14. The number of aromatic nitrogens is 4. The summed E-state index contributed by atoms with van der Waals surface area (Å²) in [5.41, 5.74) is 13.4. The molecular formula is C23H27N7O2S. The van der Waals surface area contributed by atoms with Gasteiger partial charge in [0.15, 0.2) is 5.84 Å². The Morgan fingerprint density at radius 1 is 1.24 bits per heavy atom. The van der Waals surface area contributed by atoms with Gasteiger partial charge >= 0.3 is 0 Å². The van der Waals surface area contributed by atoms with Crippen LogP contribution in [0.25, 0.3) is 11.3 Å². The number of carbonyl (C=O) groups is 1. The molecule has 3 aliphatic heterocycles. The molecule has 1 amide bonds. The van der Waals surface area contributed by atoms with Crippen LogP contribution in [0.4, 0.5) is 0 Å². The number of hydrogen-bond donors (Lipinski definition) is 1. The SMILES string of the molecule is COc1c(C)cnc(Cn2nc3cc(CC(=O)N4CCCC4)c4c-3c(n2)C(N)=NSC4)c1C. The summed E-state index contributed by atoms with van der Waals surface area (Å²) >= 11 is 1.38. The molecule has 4 aliphatic rings. The Balaban J connectivity index is 1.55. The second-order valence-corrected chi connectivity index (χ2v) is 9.28. The Bertz CT molecular complexity index is 1230. The standard InChI is InChI=1S/C23H27N7O2S/c1-13-10-25-18(14(2)22(13)32-3)11-30-26-17-8-15(9-19(31)29-6-4-5-7-29)16-12-33-28-23(24)21(27-30)20(16)17/h8,10H,4-7,9,11-12H2,1-3H3,(H2,24,28). The number of amidine groups is 1. The number of amides is 1. The van der Waals surface area contributed by atoms with Crippen molar-refractivity contribution in [3.8, 4) is 17.0 Å². The van der Waals surface area contributed by atoms with Crippen LogP contribution < -0.4 is 10.5 Å². The molecule has 0 atom stereocenters. The topological polar surface area (TPSA) is 112 Å². The van der Waals surface area contributed by atoms with Gasteiger partial charge < -0.3 is 15.4 Å². The van der Waals surface area contributed by atoms with Crippen molar-refractivity contribution in [3.63, 3.8) is 0 Å². The normalized spacial score (nSPS) is 15.6. The molecule has 2 N–H and O–H groups in total. The molecule has 1 fully saturated rings. The minimum absolute atomic E-state index is 0.163. The summed E-state index contributed by atoms with van der Waals surface area (Å²) < 4.78 is 9.96. The lowest BCUT2D eigenvalue weighted by Gasteiger charge is -2.15. The van der Waals surface area contributed by atoms with Gasteiger partial charge in [0.1, 0.15) is 18.0 Å². The van der Waals surface area contributed by atoms with Crippen molar-refractivity contribution >= 4 is 23.7 Å². The second-order valence-electron chi connectivity index (χ2n) is 8.55. The summed E-state index contributed by atoms with van der Waals surface area (Å²) in [6.07, 6.45) is 4.31. The summed E-state index contributed by atoms with van der Waals surface area (Å²) in [7, 11) is 1.66. The van der Waals surface area contributed by atoms with Gasteiger partial charge in [-0.2, -0.15) is 19.4 Å². The van der Waals surface area contributed by atoms with Crippen molar-refractivity contribution in [2.24, 2.45) is 10.1 Å². The van der Waals surface area contributed by atoms with Crippen molar-refractivity contribution in [2.75, 3.05) is 20.2 Å². The highest BCUT2D eigenvalue weighted by Gasteiger charge is 2.29. The Labute approximate surface area is 196 Å². The maximum atomic E-state index is 12.9. The summed E-state index contributed by atoms with van der Waals surface area (Å²) in [6, 6.07) is 2.01. The Morgan fingerprint density at radius 2 is 2.03 bits per heavy atom. The number of methoxy groups -OCH3 is 1. The highest BCUT2D eigenvalue weighted by molar-refractivity contribution is 7.97. The molecule has 33 heavy (non-hydrogen) atoms. The van der Waals surface area contributed by atoms with E-state index in [-0.39, 0.29) is 5.91 Å². The molecule has 4 heterocycles. The van der Waals surface area contributed by atoms with Crippen LogP contribution in [0.2, 0.25) is 0 Å². The summed E-state index contributed by atoms with van der Waals surface area (Å²) in [5, 5.41) is 9.49. The first-order valence-electron chi connectivity index (χ1n) is 11.1. The highest BCUT2D eigenvalue weighted by atomic mass is 32.2. The van der Waals surface area contributed by atoms with Crippen molar-refractivity contribution in [1.29, 1.82) is 0 Å². The van der Waals surface area contributed by atoms with E-state index < -0.39 is 0 Å². The Kier molecular flexibility index (Phi) is 5.69. The predicted molar refractivity (Wildman–Crippen MR) is 128 cm³/mol. The van der Waals surface area contributed by atoms with E-state index in [1.165, 1.54) is 11.9 Å². The molecule has 0 radical (unpaired) electrons. The molecule has 1 aromatic rings. The van der Waals surface area contributed by atoms with Crippen LogP contribution >= 0.6 is 11.9 Å². The number of nitrogens with two attached hydrogens (primary N) is 1. The molecule has 1 aliphatic carbocycles. The van der Waals surface area contributed by atoms with Gasteiger partial charge in [0.05, 0.1) is 24.9 Å². The number of nitrogens with zero attached hydrogens (tertiary/aromatic N) is 6. The zero-order valence-corrected chi connectivity index (χ0v) is 19.9. The first-order chi connectivity index (χ1) is 16.0. The van der Waals surface area contributed by atoms with Gasteiger partial charge in [-0.05, 0) is 55.8 Å². The van der Waals surface area contributed by atoms with Crippen molar-refractivity contribution in [2.45, 2.75) is 45.4 Å². The van der Waals surface area contributed by atoms with Crippen molar-refractivity contribution < 1.29 is 9.53 Å². The molecular weight excluding hydrogens is 438 g/mol. The van der Waals surface area contributed by atoms with E-state index in [4.69, 9.17) is 20.7 Å². The third-order valence-corrected chi connectivity index (χ3v) is 7.13. The third kappa shape index (κ3) is 3.92. The number of rotatable bonds is 5. The molecule has 5 rings (SSSR count). The van der Waals surface area contributed by atoms with Gasteiger partial charge in [0.2, 0.25) is 5.91 Å². The van der Waals surface area contributed by atoms with Crippen LogP contribution in [-0.4, -0.2) is 56.8 Å². The fraction of sp³-hybridized carbons (Fsp3) is 0.435. The summed E-state index contributed by atoms with van der Waals surface area (Å²) in [4.78, 5) is 21.0. The highest BCUT2D eigenvalue weighted by Crippen LogP contribution is 2.38. The van der Waals surface area contributed by atoms with Crippen LogP contribution in [0.1, 0.15) is 46.5 Å². The first kappa shape index (κ1) is 21.7. The lowest BCUT2D eigenvalue weighted by atomic mass is 10.1. The molecule has 172 valence electrons. The van der Waals surface area contributed by atoms with Gasteiger partial charge in [0.25, 0.3) is 0 Å². The summed E-state index contributed by atoms with van der Waals surface area (Å²) in [5.74, 6) is 1.99. The van der Waals surface area contributed by atoms with E-state index in [0.29, 0.717) is 30.2 Å². The number of pyridine rings is 1. The van der Waals surface area contributed by atoms with E-state index in [9.17, 15) is 4.79 Å². The molecule has 0 saturated carbocycles. The van der Waals surface area contributed by atoms with Gasteiger partial charge in [-0.1, -0.05) is 0 Å². The molecule has 9 nitrogen and oxygen atoms in total. The monoisotopic (exact) mass is 465 g/mol. The average Bonchev–Trinajstić information content (AvgIpc) is 3.40. The summed E-state index contributed by atoms with van der Waals surface area (Å²) in [6.45, 7) is 6.01. The predicted octanol–water partition coefficient (Wildman–Crippen LogP) is 2.48. The number of ether oxygens (including phenoxy) is 1.